The lowest BCUT2D eigenvalue weighted by molar-refractivity contribution is 0.477. The van der Waals surface area contributed by atoms with E-state index in [4.69, 9.17) is 17.3 Å². The van der Waals surface area contributed by atoms with Gasteiger partial charge < -0.3 is 5.11 Å². The van der Waals surface area contributed by atoms with E-state index >= 15 is 0 Å². The molecule has 0 radical (unpaired) electrons. The molecule has 0 aliphatic rings. The van der Waals surface area contributed by atoms with E-state index in [-0.39, 0.29) is 22.4 Å². The van der Waals surface area contributed by atoms with E-state index in [9.17, 15) is 6.48 Å². The minimum absolute atomic E-state index is 0.0378. The Bertz CT molecular complexity index is 3170. The number of pyridine rings is 1. The van der Waals surface area contributed by atoms with Gasteiger partial charge in [0.15, 0.2) is 0 Å². The summed E-state index contributed by atoms with van der Waals surface area (Å²) in [6.45, 7) is 9.68. The Labute approximate surface area is 338 Å². The van der Waals surface area contributed by atoms with Gasteiger partial charge in [-0.2, -0.15) is 0 Å². The van der Waals surface area contributed by atoms with Crippen LogP contribution in [0.4, 0.5) is 0 Å². The van der Waals surface area contributed by atoms with Crippen molar-refractivity contribution in [3.05, 3.63) is 168 Å². The third-order valence-corrected chi connectivity index (χ3v) is 9.87. The Morgan fingerprint density at radius 2 is 1.31 bits per heavy atom. The summed E-state index contributed by atoms with van der Waals surface area (Å²) in [5, 5.41) is 11.4. The first-order valence-electron chi connectivity index (χ1n) is 23.2. The van der Waals surface area contributed by atoms with Gasteiger partial charge in [0.2, 0.25) is 0 Å². The van der Waals surface area contributed by atoms with Crippen LogP contribution in [0.15, 0.2) is 152 Å². The van der Waals surface area contributed by atoms with Crippen LogP contribution in [0.5, 0.6) is 5.75 Å². The van der Waals surface area contributed by atoms with Gasteiger partial charge in [0.05, 0.1) is 37.6 Å². The molecule has 0 spiro atoms. The van der Waals surface area contributed by atoms with E-state index in [0.29, 0.717) is 33.6 Å². The molecule has 4 heteroatoms. The van der Waals surface area contributed by atoms with E-state index in [1.54, 1.807) is 12.1 Å². The van der Waals surface area contributed by atoms with Crippen LogP contribution in [-0.4, -0.2) is 19.6 Å². The van der Waals surface area contributed by atoms with Gasteiger partial charge in [0.25, 0.3) is 0 Å². The standard InChI is InChI=1S/C51H47N3O/c1-33-20-22-34(23-21-33)36-26-27-52-44(31-36)38-28-37(29-40(30-38)51(5,6)7)41-17-13-18-46-48(41)53-49(42-16-11-12-19-47(42)55)54(46)45-25-24-39(50(2,3)4)32-43(45)35-14-9-8-10-15-35/h8-32,55H,1-7H3/i1D3,20D,21D,22D,23D,26D,27D,31D. The minimum Gasteiger partial charge on any atom is -0.507 e. The normalized spacial score (nSPS) is 14.8. The number of phenolic OH excluding ortho intramolecular Hbond substituents is 1. The molecule has 0 bridgehead atoms. The van der Waals surface area contributed by atoms with Crippen molar-refractivity contribution in [3.8, 4) is 67.5 Å². The molecule has 55 heavy (non-hydrogen) atoms. The number of phenols is 1. The quantitative estimate of drug-likeness (QED) is 0.186. The number of hydrogen-bond acceptors (Lipinski definition) is 3. The van der Waals surface area contributed by atoms with E-state index in [0.717, 1.165) is 33.5 Å². The highest BCUT2D eigenvalue weighted by Gasteiger charge is 2.25. The van der Waals surface area contributed by atoms with Crippen LogP contribution < -0.4 is 0 Å². The Morgan fingerprint density at radius 1 is 0.600 bits per heavy atom. The number of nitrogens with zero attached hydrogens (tertiary/aromatic N) is 3. The van der Waals surface area contributed by atoms with Crippen molar-refractivity contribution in [2.24, 2.45) is 0 Å². The van der Waals surface area contributed by atoms with Crippen molar-refractivity contribution >= 4 is 11.0 Å². The predicted octanol–water partition coefficient (Wildman–Crippen LogP) is 13.4. The van der Waals surface area contributed by atoms with Gasteiger partial charge in [0, 0.05) is 27.0 Å². The summed E-state index contributed by atoms with van der Waals surface area (Å²) in [5.74, 6) is 0.561. The first kappa shape index (κ1) is 25.7. The zero-order chi connectivity index (χ0) is 47.1. The molecule has 0 atom stereocenters. The molecule has 272 valence electrons. The first-order valence-corrected chi connectivity index (χ1v) is 18.2. The third-order valence-electron chi connectivity index (χ3n) is 9.87. The minimum atomic E-state index is -2.96. The van der Waals surface area contributed by atoms with E-state index in [2.05, 4.69) is 60.7 Å². The highest BCUT2D eigenvalue weighted by atomic mass is 16.3. The topological polar surface area (TPSA) is 50.9 Å². The smallest absolute Gasteiger partial charge is 0.149 e. The molecule has 2 heterocycles. The Hall–Kier alpha value is -6.26. The molecular formula is C51H47N3O. The predicted molar refractivity (Wildman–Crippen MR) is 230 cm³/mol. The van der Waals surface area contributed by atoms with Gasteiger partial charge in [-0.15, -0.1) is 0 Å². The third kappa shape index (κ3) is 6.97. The van der Waals surface area contributed by atoms with Gasteiger partial charge in [-0.3, -0.25) is 9.55 Å². The summed E-state index contributed by atoms with van der Waals surface area (Å²) in [6, 6.07) is 31.1. The molecule has 8 aromatic rings. The largest absolute Gasteiger partial charge is 0.507 e. The van der Waals surface area contributed by atoms with Crippen LogP contribution in [0.1, 0.15) is 71.9 Å². The van der Waals surface area contributed by atoms with Gasteiger partial charge in [-0.25, -0.2) is 4.98 Å². The van der Waals surface area contributed by atoms with Crippen molar-refractivity contribution in [3.63, 3.8) is 0 Å². The average Bonchev–Trinajstić information content (AvgIpc) is 3.64. The van der Waals surface area contributed by atoms with E-state index in [1.165, 1.54) is 0 Å². The molecule has 8 rings (SSSR count). The lowest BCUT2D eigenvalue weighted by Crippen LogP contribution is -2.12. The molecule has 0 fully saturated rings. The molecular weight excluding hydrogens is 671 g/mol. The summed E-state index contributed by atoms with van der Waals surface area (Å²) in [5.41, 5.74) is 6.25. The van der Waals surface area contributed by atoms with Crippen molar-refractivity contribution in [1.29, 1.82) is 0 Å². The Balaban J connectivity index is 1.42. The summed E-state index contributed by atoms with van der Waals surface area (Å²) in [6.07, 6.45) is -0.565. The second-order valence-electron chi connectivity index (χ2n) is 15.8. The number of benzene rings is 6. The second-order valence-corrected chi connectivity index (χ2v) is 15.8. The monoisotopic (exact) mass is 727 g/mol. The zero-order valence-electron chi connectivity index (χ0n) is 41.7. The van der Waals surface area contributed by atoms with Gasteiger partial charge in [0.1, 0.15) is 11.6 Å². The number of aromatic hydroxyl groups is 1. The Kier molecular flexibility index (Phi) is 6.48. The molecule has 0 saturated carbocycles. The van der Waals surface area contributed by atoms with Crippen molar-refractivity contribution in [1.82, 2.24) is 14.5 Å². The fourth-order valence-electron chi connectivity index (χ4n) is 6.84. The molecule has 0 aliphatic carbocycles. The lowest BCUT2D eigenvalue weighted by atomic mass is 9.83. The maximum atomic E-state index is 11.4. The van der Waals surface area contributed by atoms with Crippen LogP contribution in [0.3, 0.4) is 0 Å². The fourth-order valence-corrected chi connectivity index (χ4v) is 6.84. The molecule has 0 aliphatic heterocycles. The second kappa shape index (κ2) is 13.9. The molecule has 6 aromatic carbocycles. The van der Waals surface area contributed by atoms with Gasteiger partial charge in [-0.1, -0.05) is 138 Å². The number of aromatic nitrogens is 3. The highest BCUT2D eigenvalue weighted by Crippen LogP contribution is 2.42. The number of rotatable bonds is 6. The Morgan fingerprint density at radius 3 is 2.04 bits per heavy atom. The SMILES string of the molecule is [2H]c1nc(-c2cc(-c3cccc4c3nc(-c3ccccc3O)n4-c3ccc(C(C)(C)C)cc3-c3ccccc3)cc(C(C)(C)C)c2)c([2H])c(-c2c([2H])c([2H])c(C([2H])([2H])[2H])c([2H])c2[2H])c1[2H]. The van der Waals surface area contributed by atoms with Crippen LogP contribution in [-0.2, 0) is 10.8 Å². The van der Waals surface area contributed by atoms with Gasteiger partial charge >= 0.3 is 0 Å². The van der Waals surface area contributed by atoms with E-state index < -0.39 is 65.8 Å². The van der Waals surface area contributed by atoms with E-state index in [1.807, 2.05) is 87.5 Å². The maximum absolute atomic E-state index is 11.4. The summed E-state index contributed by atoms with van der Waals surface area (Å²) in [7, 11) is 0. The zero-order valence-corrected chi connectivity index (χ0v) is 31.7. The van der Waals surface area contributed by atoms with Gasteiger partial charge in [-0.05, 0) is 106 Å². The number of imidazole rings is 1. The van der Waals surface area contributed by atoms with Crippen LogP contribution in [0.25, 0.3) is 72.7 Å². The molecule has 2 aromatic heterocycles. The first-order chi connectivity index (χ1) is 30.5. The maximum Gasteiger partial charge on any atom is 0.149 e. The molecule has 0 amide bonds. The number of para-hydroxylation sites is 2. The number of fused-ring (bicyclic) bond motifs is 1. The van der Waals surface area contributed by atoms with Crippen LogP contribution in [0.2, 0.25) is 0 Å². The number of hydrogen-bond donors (Lipinski definition) is 1. The summed E-state index contributed by atoms with van der Waals surface area (Å²) in [4.78, 5) is 9.75. The summed E-state index contributed by atoms with van der Waals surface area (Å²) < 4.78 is 87.6. The molecule has 4 nitrogen and oxygen atoms in total. The lowest BCUT2D eigenvalue weighted by Gasteiger charge is -2.23. The molecule has 0 unspecified atom stereocenters. The van der Waals surface area contributed by atoms with Crippen molar-refractivity contribution < 1.29 is 18.8 Å². The van der Waals surface area contributed by atoms with Crippen LogP contribution >= 0.6 is 0 Å². The molecule has 0 saturated heterocycles. The van der Waals surface area contributed by atoms with Crippen LogP contribution in [0, 0.1) is 6.85 Å². The fraction of sp³-hybridized carbons (Fsp3) is 0.176. The highest BCUT2D eigenvalue weighted by molar-refractivity contribution is 5.97. The van der Waals surface area contributed by atoms with Crippen molar-refractivity contribution in [2.75, 3.05) is 0 Å². The molecule has 1 N–H and O–H groups in total. The summed E-state index contributed by atoms with van der Waals surface area (Å²) >= 11 is 0. The van der Waals surface area contributed by atoms with Crippen molar-refractivity contribution in [2.45, 2.75) is 59.2 Å². The average molecular weight is 728 g/mol.